The lowest BCUT2D eigenvalue weighted by Gasteiger charge is -2.46. The fraction of sp³-hybridized carbons (Fsp3) is 0.208. The van der Waals surface area contributed by atoms with Crippen LogP contribution in [0.15, 0.2) is 71.2 Å². The van der Waals surface area contributed by atoms with Crippen LogP contribution in [0.2, 0.25) is 0 Å². The molecule has 6 heteroatoms. The number of hydrogen-bond donors (Lipinski definition) is 0. The van der Waals surface area contributed by atoms with E-state index in [0.29, 0.717) is 17.2 Å². The second-order valence-electron chi connectivity index (χ2n) is 6.89. The first kappa shape index (κ1) is 20.3. The van der Waals surface area contributed by atoms with Crippen LogP contribution in [0, 0.1) is 0 Å². The van der Waals surface area contributed by atoms with E-state index in [1.54, 1.807) is 26.0 Å². The summed E-state index contributed by atoms with van der Waals surface area (Å²) in [7, 11) is 3.36. The van der Waals surface area contributed by atoms with Gasteiger partial charge in [-0.05, 0) is 30.7 Å². The SMILES string of the molecule is CCOC(=O)N(C)C1(c2ccccc2)c2ccccc2Oc2c(OC)ccc(Br)c21. The number of carbonyl (C=O) groups excluding carboxylic acids is 1. The van der Waals surface area contributed by atoms with E-state index in [2.05, 4.69) is 15.9 Å². The minimum atomic E-state index is -0.995. The number of halogens is 1. The largest absolute Gasteiger partial charge is 0.493 e. The van der Waals surface area contributed by atoms with Crippen LogP contribution < -0.4 is 9.47 Å². The number of para-hydroxylation sites is 1. The normalized spacial score (nSPS) is 16.7. The molecule has 1 aliphatic rings. The number of amides is 1. The first-order valence-electron chi connectivity index (χ1n) is 9.66. The van der Waals surface area contributed by atoms with Crippen molar-refractivity contribution >= 4 is 22.0 Å². The van der Waals surface area contributed by atoms with E-state index in [0.717, 1.165) is 21.2 Å². The molecule has 1 amide bonds. The van der Waals surface area contributed by atoms with Crippen LogP contribution in [0.5, 0.6) is 17.2 Å². The Kier molecular flexibility index (Phi) is 5.43. The Morgan fingerprint density at radius 2 is 1.77 bits per heavy atom. The molecule has 0 saturated heterocycles. The predicted octanol–water partition coefficient (Wildman–Crippen LogP) is 5.94. The second kappa shape index (κ2) is 8.03. The number of carbonyl (C=O) groups is 1. The summed E-state index contributed by atoms with van der Waals surface area (Å²) in [5.41, 5.74) is 1.53. The summed E-state index contributed by atoms with van der Waals surface area (Å²) in [4.78, 5) is 14.8. The summed E-state index contributed by atoms with van der Waals surface area (Å²) >= 11 is 3.71. The van der Waals surface area contributed by atoms with E-state index >= 15 is 0 Å². The molecule has 0 spiro atoms. The maximum absolute atomic E-state index is 13.1. The van der Waals surface area contributed by atoms with Crippen LogP contribution in [-0.2, 0) is 10.3 Å². The van der Waals surface area contributed by atoms with Crippen molar-refractivity contribution in [1.82, 2.24) is 4.90 Å². The van der Waals surface area contributed by atoms with Crippen LogP contribution in [0.25, 0.3) is 0 Å². The van der Waals surface area contributed by atoms with Crippen molar-refractivity contribution in [2.45, 2.75) is 12.5 Å². The lowest BCUT2D eigenvalue weighted by Crippen LogP contribution is -2.50. The van der Waals surface area contributed by atoms with Crippen molar-refractivity contribution in [3.63, 3.8) is 0 Å². The molecule has 1 atom stereocenters. The van der Waals surface area contributed by atoms with Crippen molar-refractivity contribution in [2.24, 2.45) is 0 Å². The summed E-state index contributed by atoms with van der Waals surface area (Å²) in [6.07, 6.45) is -0.432. The number of rotatable bonds is 4. The highest BCUT2D eigenvalue weighted by molar-refractivity contribution is 9.10. The van der Waals surface area contributed by atoms with Crippen LogP contribution in [-0.4, -0.2) is 31.8 Å². The highest BCUT2D eigenvalue weighted by Crippen LogP contribution is 2.57. The molecule has 1 unspecified atom stereocenters. The van der Waals surface area contributed by atoms with Gasteiger partial charge in [0.2, 0.25) is 0 Å². The maximum Gasteiger partial charge on any atom is 0.410 e. The van der Waals surface area contributed by atoms with E-state index in [9.17, 15) is 4.79 Å². The van der Waals surface area contributed by atoms with E-state index in [4.69, 9.17) is 14.2 Å². The van der Waals surface area contributed by atoms with Crippen LogP contribution >= 0.6 is 15.9 Å². The number of benzene rings is 3. The van der Waals surface area contributed by atoms with Crippen LogP contribution in [0.4, 0.5) is 4.79 Å². The molecule has 0 aromatic heterocycles. The monoisotopic (exact) mass is 467 g/mol. The topological polar surface area (TPSA) is 48.0 Å². The molecule has 4 rings (SSSR count). The van der Waals surface area contributed by atoms with Gasteiger partial charge in [-0.15, -0.1) is 0 Å². The van der Waals surface area contributed by atoms with Crippen molar-refractivity contribution < 1.29 is 19.0 Å². The summed E-state index contributed by atoms with van der Waals surface area (Å²) in [5.74, 6) is 1.80. The maximum atomic E-state index is 13.1. The third kappa shape index (κ3) is 2.94. The zero-order valence-corrected chi connectivity index (χ0v) is 18.6. The van der Waals surface area contributed by atoms with E-state index in [1.165, 1.54) is 0 Å². The number of ether oxygens (including phenoxy) is 3. The Morgan fingerprint density at radius 1 is 1.07 bits per heavy atom. The van der Waals surface area contributed by atoms with Gasteiger partial charge >= 0.3 is 6.09 Å². The average Bonchev–Trinajstić information content (AvgIpc) is 2.78. The summed E-state index contributed by atoms with van der Waals surface area (Å²) in [5, 5.41) is 0. The van der Waals surface area contributed by atoms with Gasteiger partial charge in [0.25, 0.3) is 0 Å². The quantitative estimate of drug-likeness (QED) is 0.475. The molecule has 0 fully saturated rings. The molecular formula is C24H22BrNO4. The fourth-order valence-electron chi connectivity index (χ4n) is 4.12. The molecule has 3 aromatic carbocycles. The number of fused-ring (bicyclic) bond motifs is 2. The van der Waals surface area contributed by atoms with Crippen molar-refractivity contribution in [1.29, 1.82) is 0 Å². The molecule has 0 radical (unpaired) electrons. The smallest absolute Gasteiger partial charge is 0.410 e. The van der Waals surface area contributed by atoms with Gasteiger partial charge in [0.05, 0.1) is 13.7 Å². The predicted molar refractivity (Wildman–Crippen MR) is 118 cm³/mol. The number of nitrogens with zero attached hydrogens (tertiary/aromatic N) is 1. The third-order valence-electron chi connectivity index (χ3n) is 5.38. The third-order valence-corrected chi connectivity index (χ3v) is 6.04. The molecule has 1 heterocycles. The first-order chi connectivity index (χ1) is 14.6. The van der Waals surface area contributed by atoms with E-state index in [1.807, 2.05) is 66.7 Å². The Bertz CT molecular complexity index is 1090. The minimum absolute atomic E-state index is 0.276. The Morgan fingerprint density at radius 3 is 2.47 bits per heavy atom. The molecule has 0 bridgehead atoms. The fourth-order valence-corrected chi connectivity index (χ4v) is 4.72. The lowest BCUT2D eigenvalue weighted by molar-refractivity contribution is 0.0876. The second-order valence-corrected chi connectivity index (χ2v) is 7.74. The average molecular weight is 468 g/mol. The van der Waals surface area contributed by atoms with Crippen LogP contribution in [0.3, 0.4) is 0 Å². The molecule has 5 nitrogen and oxygen atoms in total. The highest BCUT2D eigenvalue weighted by Gasteiger charge is 2.51. The number of hydrogen-bond acceptors (Lipinski definition) is 4. The molecule has 0 aliphatic carbocycles. The zero-order chi connectivity index (χ0) is 21.3. The molecular weight excluding hydrogens is 446 g/mol. The minimum Gasteiger partial charge on any atom is -0.493 e. The van der Waals surface area contributed by atoms with Crippen LogP contribution in [0.1, 0.15) is 23.6 Å². The van der Waals surface area contributed by atoms with Crippen molar-refractivity contribution in [3.8, 4) is 17.2 Å². The van der Waals surface area contributed by atoms with Crippen molar-refractivity contribution in [2.75, 3.05) is 20.8 Å². The Hall–Kier alpha value is -2.99. The van der Waals surface area contributed by atoms with E-state index < -0.39 is 11.6 Å². The standard InChI is InChI=1S/C24H22BrNO4/c1-4-29-23(27)26(2)24(16-10-6-5-7-11-16)17-12-8-9-13-19(17)30-22-20(28-3)15-14-18(25)21(22)24/h5-15H,4H2,1-3H3. The number of methoxy groups -OCH3 is 1. The Balaban J connectivity index is 2.16. The molecule has 154 valence electrons. The molecule has 30 heavy (non-hydrogen) atoms. The van der Waals surface area contributed by atoms with Gasteiger partial charge in [-0.2, -0.15) is 0 Å². The van der Waals surface area contributed by atoms with Gasteiger partial charge in [0.15, 0.2) is 11.5 Å². The van der Waals surface area contributed by atoms with E-state index in [-0.39, 0.29) is 6.61 Å². The molecule has 0 N–H and O–H groups in total. The highest BCUT2D eigenvalue weighted by atomic mass is 79.9. The lowest BCUT2D eigenvalue weighted by atomic mass is 9.73. The van der Waals surface area contributed by atoms with Gasteiger partial charge in [0, 0.05) is 22.6 Å². The zero-order valence-electron chi connectivity index (χ0n) is 17.0. The van der Waals surface area contributed by atoms with Gasteiger partial charge in [-0.25, -0.2) is 4.79 Å². The van der Waals surface area contributed by atoms with Gasteiger partial charge in [-0.3, -0.25) is 4.90 Å². The molecule has 1 aliphatic heterocycles. The van der Waals surface area contributed by atoms with Crippen molar-refractivity contribution in [3.05, 3.63) is 87.9 Å². The van der Waals surface area contributed by atoms with Gasteiger partial charge in [0.1, 0.15) is 11.3 Å². The first-order valence-corrected chi connectivity index (χ1v) is 10.4. The molecule has 3 aromatic rings. The summed E-state index contributed by atoms with van der Waals surface area (Å²) in [6, 6.07) is 21.4. The summed E-state index contributed by atoms with van der Waals surface area (Å²) < 4.78 is 18.2. The van der Waals surface area contributed by atoms with Gasteiger partial charge in [-0.1, -0.05) is 64.5 Å². The Labute approximate surface area is 184 Å². The molecule has 0 saturated carbocycles. The van der Waals surface area contributed by atoms with Gasteiger partial charge < -0.3 is 14.2 Å². The summed E-state index contributed by atoms with van der Waals surface area (Å²) in [6.45, 7) is 2.07.